The molecule has 0 bridgehead atoms. The van der Waals surface area contributed by atoms with Gasteiger partial charge in [0.25, 0.3) is 5.56 Å². The Hall–Kier alpha value is -4.66. The van der Waals surface area contributed by atoms with E-state index in [4.69, 9.17) is 0 Å². The fraction of sp³-hybridized carbons (Fsp3) is 0.154. The number of carboxylic acid groups (broad SMARTS) is 1. The van der Waals surface area contributed by atoms with E-state index in [-0.39, 0.29) is 24.0 Å². The number of rotatable bonds is 8. The molecule has 1 aromatic heterocycles. The summed E-state index contributed by atoms with van der Waals surface area (Å²) >= 11 is 0. The zero-order chi connectivity index (χ0) is 24.9. The van der Waals surface area contributed by atoms with Crippen LogP contribution in [0.1, 0.15) is 17.2 Å². The van der Waals surface area contributed by atoms with E-state index in [1.54, 1.807) is 66.7 Å². The first-order valence-corrected chi connectivity index (χ1v) is 10.9. The monoisotopic (exact) mass is 473 g/mol. The van der Waals surface area contributed by atoms with Gasteiger partial charge >= 0.3 is 11.7 Å². The normalized spacial score (nSPS) is 12.7. The number of hydrogen-bond acceptors (Lipinski definition) is 5. The number of carbonyl (C=O) groups is 2. The van der Waals surface area contributed by atoms with Crippen LogP contribution in [0.4, 0.5) is 0 Å². The third-order valence-electron chi connectivity index (χ3n) is 5.71. The minimum atomic E-state index is -1.32. The molecule has 0 radical (unpaired) electrons. The van der Waals surface area contributed by atoms with Gasteiger partial charge in [-0.05, 0) is 35.4 Å². The molecule has 0 saturated carbocycles. The van der Waals surface area contributed by atoms with E-state index >= 15 is 0 Å². The van der Waals surface area contributed by atoms with Crippen molar-refractivity contribution in [3.63, 3.8) is 0 Å². The van der Waals surface area contributed by atoms with Crippen LogP contribution in [0.3, 0.4) is 0 Å². The van der Waals surface area contributed by atoms with Crippen molar-refractivity contribution in [3.05, 3.63) is 111 Å². The van der Waals surface area contributed by atoms with Gasteiger partial charge in [-0.15, -0.1) is 0 Å². The first-order valence-electron chi connectivity index (χ1n) is 10.9. The second kappa shape index (κ2) is 10.1. The molecule has 3 aromatic carbocycles. The Morgan fingerprint density at radius 2 is 1.49 bits per heavy atom. The van der Waals surface area contributed by atoms with Gasteiger partial charge in [0.2, 0.25) is 5.91 Å². The maximum atomic E-state index is 13.4. The summed E-state index contributed by atoms with van der Waals surface area (Å²) < 4.78 is 0.837. The molecule has 2 unspecified atom stereocenters. The van der Waals surface area contributed by atoms with Crippen molar-refractivity contribution in [1.82, 2.24) is 14.9 Å². The Labute approximate surface area is 199 Å². The van der Waals surface area contributed by atoms with Gasteiger partial charge in [-0.2, -0.15) is 0 Å². The standard InChI is InChI=1S/C26H23N3O6/c30-18-12-10-17(11-13-18)14-21(25(33)34)27-23(31)22(15-16-6-2-1-3-7-16)29-24(32)19-8-4-5-9-20(19)28-26(29)35/h1-13,21-22,30H,14-15H2,(H,27,31)(H,28,35)(H,33,34). The van der Waals surface area contributed by atoms with Crippen molar-refractivity contribution in [2.75, 3.05) is 0 Å². The molecule has 0 fully saturated rings. The van der Waals surface area contributed by atoms with Gasteiger partial charge in [0.1, 0.15) is 17.8 Å². The number of phenolic OH excluding ortho intramolecular Hbond substituents is 1. The number of aliphatic carboxylic acids is 1. The number of benzene rings is 3. The van der Waals surface area contributed by atoms with Gasteiger partial charge in [0.15, 0.2) is 0 Å². The highest BCUT2D eigenvalue weighted by Gasteiger charge is 2.29. The Bertz CT molecular complexity index is 1480. The zero-order valence-electron chi connectivity index (χ0n) is 18.5. The fourth-order valence-corrected chi connectivity index (χ4v) is 3.93. The maximum absolute atomic E-state index is 13.4. The first kappa shape index (κ1) is 23.5. The lowest BCUT2D eigenvalue weighted by Gasteiger charge is -2.22. The third kappa shape index (κ3) is 5.30. The highest BCUT2D eigenvalue weighted by Crippen LogP contribution is 2.16. The average Bonchev–Trinajstić information content (AvgIpc) is 2.85. The number of aromatic nitrogens is 2. The summed E-state index contributed by atoms with van der Waals surface area (Å²) in [5.74, 6) is -2.02. The van der Waals surface area contributed by atoms with E-state index in [1.165, 1.54) is 12.1 Å². The van der Waals surface area contributed by atoms with Crippen LogP contribution in [0.2, 0.25) is 0 Å². The minimum Gasteiger partial charge on any atom is -0.508 e. The number of carbonyl (C=O) groups excluding carboxylic acids is 1. The lowest BCUT2D eigenvalue weighted by molar-refractivity contribution is -0.142. The van der Waals surface area contributed by atoms with Crippen molar-refractivity contribution >= 4 is 22.8 Å². The molecule has 1 amide bonds. The van der Waals surface area contributed by atoms with Gasteiger partial charge in [0, 0.05) is 12.8 Å². The number of aromatic amines is 1. The van der Waals surface area contributed by atoms with Crippen molar-refractivity contribution < 1.29 is 19.8 Å². The quantitative estimate of drug-likeness (QED) is 0.308. The van der Waals surface area contributed by atoms with E-state index in [9.17, 15) is 29.4 Å². The number of aromatic hydroxyl groups is 1. The number of amides is 1. The SMILES string of the molecule is O=C(O)C(Cc1ccc(O)cc1)NC(=O)C(Cc1ccccc1)n1c(=O)[nH]c2ccccc2c1=O. The summed E-state index contributed by atoms with van der Waals surface area (Å²) in [5.41, 5.74) is 0.197. The summed E-state index contributed by atoms with van der Waals surface area (Å²) in [6.07, 6.45) is -0.0536. The van der Waals surface area contributed by atoms with Crippen LogP contribution in [0, 0.1) is 0 Å². The summed E-state index contributed by atoms with van der Waals surface area (Å²) in [5, 5.41) is 21.9. The van der Waals surface area contributed by atoms with Gasteiger partial charge in [0.05, 0.1) is 10.9 Å². The van der Waals surface area contributed by atoms with Gasteiger partial charge in [-0.1, -0.05) is 54.6 Å². The maximum Gasteiger partial charge on any atom is 0.329 e. The van der Waals surface area contributed by atoms with Crippen LogP contribution in [-0.2, 0) is 22.4 Å². The van der Waals surface area contributed by atoms with Crippen LogP contribution in [0.5, 0.6) is 5.75 Å². The number of para-hydroxylation sites is 1. The molecule has 0 aliphatic carbocycles. The van der Waals surface area contributed by atoms with Gasteiger partial charge < -0.3 is 20.5 Å². The van der Waals surface area contributed by atoms with Crippen LogP contribution >= 0.6 is 0 Å². The summed E-state index contributed by atoms with van der Waals surface area (Å²) in [7, 11) is 0. The van der Waals surface area contributed by atoms with Crippen molar-refractivity contribution in [2.24, 2.45) is 0 Å². The smallest absolute Gasteiger partial charge is 0.329 e. The third-order valence-corrected chi connectivity index (χ3v) is 5.71. The summed E-state index contributed by atoms with van der Waals surface area (Å²) in [4.78, 5) is 54.2. The highest BCUT2D eigenvalue weighted by atomic mass is 16.4. The Kier molecular flexibility index (Phi) is 6.77. The molecule has 9 heteroatoms. The first-order chi connectivity index (χ1) is 16.8. The largest absolute Gasteiger partial charge is 0.508 e. The van der Waals surface area contributed by atoms with Crippen LogP contribution in [-0.4, -0.2) is 37.7 Å². The Morgan fingerprint density at radius 3 is 2.17 bits per heavy atom. The Balaban J connectivity index is 1.72. The van der Waals surface area contributed by atoms with Crippen LogP contribution in [0.25, 0.3) is 10.9 Å². The molecule has 1 heterocycles. The van der Waals surface area contributed by atoms with E-state index in [2.05, 4.69) is 10.3 Å². The fourth-order valence-electron chi connectivity index (χ4n) is 3.93. The number of fused-ring (bicyclic) bond motifs is 1. The molecule has 9 nitrogen and oxygen atoms in total. The molecule has 0 saturated heterocycles. The predicted octanol–water partition coefficient (Wildman–Crippen LogP) is 1.99. The van der Waals surface area contributed by atoms with Crippen molar-refractivity contribution in [2.45, 2.75) is 24.9 Å². The summed E-state index contributed by atoms with van der Waals surface area (Å²) in [6.45, 7) is 0. The molecule has 178 valence electrons. The number of nitrogens with one attached hydrogen (secondary N) is 2. The minimum absolute atomic E-state index is 0.000448. The topological polar surface area (TPSA) is 141 Å². The van der Waals surface area contributed by atoms with E-state index < -0.39 is 35.2 Å². The van der Waals surface area contributed by atoms with Gasteiger partial charge in [-0.25, -0.2) is 14.2 Å². The van der Waals surface area contributed by atoms with Crippen molar-refractivity contribution in [1.29, 1.82) is 0 Å². The predicted molar refractivity (Wildman–Crippen MR) is 129 cm³/mol. The van der Waals surface area contributed by atoms with Gasteiger partial charge in [-0.3, -0.25) is 9.59 Å². The van der Waals surface area contributed by atoms with Crippen LogP contribution < -0.4 is 16.6 Å². The average molecular weight is 473 g/mol. The lowest BCUT2D eigenvalue weighted by atomic mass is 10.0. The molecule has 35 heavy (non-hydrogen) atoms. The highest BCUT2D eigenvalue weighted by molar-refractivity contribution is 5.87. The van der Waals surface area contributed by atoms with Crippen LogP contribution in [0.15, 0.2) is 88.5 Å². The number of hydrogen-bond donors (Lipinski definition) is 4. The number of carboxylic acids is 1. The van der Waals surface area contributed by atoms with E-state index in [1.807, 2.05) is 0 Å². The molecule has 4 N–H and O–H groups in total. The second-order valence-electron chi connectivity index (χ2n) is 8.13. The molecular formula is C26H23N3O6. The molecule has 4 aromatic rings. The molecule has 0 aliphatic rings. The molecule has 2 atom stereocenters. The number of phenols is 1. The summed E-state index contributed by atoms with van der Waals surface area (Å²) in [6, 6.07) is 18.6. The molecule has 4 rings (SSSR count). The van der Waals surface area contributed by atoms with E-state index in [0.717, 1.165) is 4.57 Å². The van der Waals surface area contributed by atoms with Crippen molar-refractivity contribution in [3.8, 4) is 5.75 Å². The number of H-pyrrole nitrogens is 1. The van der Waals surface area contributed by atoms with E-state index in [0.29, 0.717) is 16.6 Å². The molecular weight excluding hydrogens is 450 g/mol. The molecule has 0 aliphatic heterocycles. The Morgan fingerprint density at radius 1 is 0.857 bits per heavy atom. The molecule has 0 spiro atoms. The zero-order valence-corrected chi connectivity index (χ0v) is 18.5. The second-order valence-corrected chi connectivity index (χ2v) is 8.13. The lowest BCUT2D eigenvalue weighted by Crippen LogP contribution is -2.50. The number of nitrogens with zero attached hydrogens (tertiary/aromatic N) is 1.